The summed E-state index contributed by atoms with van der Waals surface area (Å²) in [5.41, 5.74) is 2.31. The molecule has 1 amide bonds. The van der Waals surface area contributed by atoms with Gasteiger partial charge < -0.3 is 15.0 Å². The number of hydrogen-bond donors (Lipinski definition) is 1. The average molecular weight is 390 g/mol. The number of benzene rings is 2. The van der Waals surface area contributed by atoms with Crippen molar-refractivity contribution in [2.75, 3.05) is 27.2 Å². The maximum absolute atomic E-state index is 12.5. The zero-order valence-electron chi connectivity index (χ0n) is 15.1. The smallest absolute Gasteiger partial charge is 0.270 e. The highest BCUT2D eigenvalue weighted by atomic mass is 35.5. The van der Waals surface area contributed by atoms with Crippen LogP contribution in [0.1, 0.15) is 27.5 Å². The van der Waals surface area contributed by atoms with Crippen LogP contribution < -0.4 is 10.1 Å². The molecule has 2 aromatic rings. The van der Waals surface area contributed by atoms with E-state index < -0.39 is 4.92 Å². The van der Waals surface area contributed by atoms with Crippen LogP contribution in [0.15, 0.2) is 36.4 Å². The van der Waals surface area contributed by atoms with Crippen molar-refractivity contribution in [3.8, 4) is 5.75 Å². The molecule has 0 bridgehead atoms. The number of nitro groups is 1. The molecule has 1 aliphatic rings. The van der Waals surface area contributed by atoms with Gasteiger partial charge >= 0.3 is 0 Å². The van der Waals surface area contributed by atoms with Crippen LogP contribution in [0.2, 0.25) is 5.02 Å². The molecular formula is C19H20ClN3O4. The molecule has 1 heterocycles. The molecular weight excluding hydrogens is 370 g/mol. The number of nitrogens with zero attached hydrogens (tertiary/aromatic N) is 2. The van der Waals surface area contributed by atoms with Crippen molar-refractivity contribution in [3.63, 3.8) is 0 Å². The molecule has 0 aromatic heterocycles. The summed E-state index contributed by atoms with van der Waals surface area (Å²) < 4.78 is 5.54. The van der Waals surface area contributed by atoms with Crippen LogP contribution in [0.25, 0.3) is 0 Å². The Morgan fingerprint density at radius 2 is 2.11 bits per heavy atom. The minimum absolute atomic E-state index is 0.0309. The van der Waals surface area contributed by atoms with Crippen molar-refractivity contribution < 1.29 is 14.5 Å². The van der Waals surface area contributed by atoms with Crippen LogP contribution in [0.3, 0.4) is 0 Å². The van der Waals surface area contributed by atoms with Gasteiger partial charge in [0.05, 0.1) is 28.2 Å². The summed E-state index contributed by atoms with van der Waals surface area (Å²) >= 11 is 6.04. The summed E-state index contributed by atoms with van der Waals surface area (Å²) in [6, 6.07) is 9.86. The summed E-state index contributed by atoms with van der Waals surface area (Å²) in [6.45, 7) is 1.07. The molecule has 1 unspecified atom stereocenters. The summed E-state index contributed by atoms with van der Waals surface area (Å²) in [4.78, 5) is 24.8. The second-order valence-electron chi connectivity index (χ2n) is 6.58. The second kappa shape index (κ2) is 7.94. The Kier molecular flexibility index (Phi) is 5.62. The summed E-state index contributed by atoms with van der Waals surface area (Å²) in [5, 5.41) is 13.7. The molecule has 0 saturated heterocycles. The molecule has 8 heteroatoms. The lowest BCUT2D eigenvalue weighted by molar-refractivity contribution is -0.384. The number of likely N-dealkylation sites (N-methyl/N-ethyl adjacent to an activating group) is 1. The van der Waals surface area contributed by atoms with E-state index in [1.807, 2.05) is 31.1 Å². The van der Waals surface area contributed by atoms with Gasteiger partial charge in [-0.05, 0) is 37.4 Å². The van der Waals surface area contributed by atoms with Crippen LogP contribution in [0.5, 0.6) is 5.75 Å². The molecule has 0 aliphatic carbocycles. The van der Waals surface area contributed by atoms with Gasteiger partial charge in [0.25, 0.3) is 11.6 Å². The Morgan fingerprint density at radius 3 is 2.78 bits per heavy atom. The van der Waals surface area contributed by atoms with E-state index in [9.17, 15) is 14.9 Å². The van der Waals surface area contributed by atoms with Crippen molar-refractivity contribution >= 4 is 23.2 Å². The number of amides is 1. The van der Waals surface area contributed by atoms with E-state index in [0.29, 0.717) is 13.2 Å². The predicted octanol–water partition coefficient (Wildman–Crippen LogP) is 3.22. The molecule has 27 heavy (non-hydrogen) atoms. The number of carbonyl (C=O) groups excluding carboxylic acids is 1. The Labute approximate surface area is 162 Å². The summed E-state index contributed by atoms with van der Waals surface area (Å²) in [5.74, 6) is 0.546. The number of nitro benzene ring substituents is 1. The first-order valence-corrected chi connectivity index (χ1v) is 8.89. The molecule has 0 saturated carbocycles. The van der Waals surface area contributed by atoms with Gasteiger partial charge in [-0.25, -0.2) is 0 Å². The Morgan fingerprint density at radius 1 is 1.33 bits per heavy atom. The van der Waals surface area contributed by atoms with Crippen LogP contribution >= 0.6 is 11.6 Å². The largest absolute Gasteiger partial charge is 0.493 e. The van der Waals surface area contributed by atoms with Crippen molar-refractivity contribution in [2.45, 2.75) is 12.5 Å². The zero-order valence-corrected chi connectivity index (χ0v) is 15.8. The average Bonchev–Trinajstić information content (AvgIpc) is 3.09. The lowest BCUT2D eigenvalue weighted by Gasteiger charge is -2.25. The maximum Gasteiger partial charge on any atom is 0.270 e. The Bertz CT molecular complexity index is 885. The number of nitrogens with one attached hydrogen (secondary N) is 1. The Balaban J connectivity index is 1.73. The van der Waals surface area contributed by atoms with E-state index in [0.717, 1.165) is 17.7 Å². The highest BCUT2D eigenvalue weighted by Gasteiger charge is 2.21. The second-order valence-corrected chi connectivity index (χ2v) is 6.98. The number of hydrogen-bond acceptors (Lipinski definition) is 5. The first-order chi connectivity index (χ1) is 12.9. The lowest BCUT2D eigenvalue weighted by atomic mass is 10.0. The zero-order chi connectivity index (χ0) is 19.6. The molecule has 2 aromatic carbocycles. The van der Waals surface area contributed by atoms with E-state index in [1.165, 1.54) is 23.8 Å². The fourth-order valence-corrected chi connectivity index (χ4v) is 3.36. The summed E-state index contributed by atoms with van der Waals surface area (Å²) in [7, 11) is 3.89. The van der Waals surface area contributed by atoms with E-state index in [-0.39, 0.29) is 28.2 Å². The molecule has 7 nitrogen and oxygen atoms in total. The number of rotatable bonds is 6. The van der Waals surface area contributed by atoms with Crippen molar-refractivity contribution in [1.82, 2.24) is 10.2 Å². The fraction of sp³-hybridized carbons (Fsp3) is 0.316. The minimum Gasteiger partial charge on any atom is -0.493 e. The SMILES string of the molecule is CN(C)C(CNC(=O)c1ccc([N+](=O)[O-])cc1Cl)c1ccc2c(c1)CCO2. The lowest BCUT2D eigenvalue weighted by Crippen LogP contribution is -2.34. The number of carbonyl (C=O) groups is 1. The molecule has 3 rings (SSSR count). The van der Waals surface area contributed by atoms with Gasteiger partial charge in [-0.1, -0.05) is 23.7 Å². The topological polar surface area (TPSA) is 84.7 Å². The molecule has 0 spiro atoms. The maximum atomic E-state index is 12.5. The van der Waals surface area contributed by atoms with E-state index in [1.54, 1.807) is 0 Å². The standard InChI is InChI=1S/C19H20ClN3O4/c1-22(2)17(12-3-6-18-13(9-12)7-8-27-18)11-21-19(24)15-5-4-14(23(25)26)10-16(15)20/h3-6,9-10,17H,7-8,11H2,1-2H3,(H,21,24). The quantitative estimate of drug-likeness (QED) is 0.605. The van der Waals surface area contributed by atoms with Crippen LogP contribution in [0.4, 0.5) is 5.69 Å². The molecule has 1 N–H and O–H groups in total. The van der Waals surface area contributed by atoms with Gasteiger partial charge in [-0.2, -0.15) is 0 Å². The third kappa shape index (κ3) is 4.20. The fourth-order valence-electron chi connectivity index (χ4n) is 3.10. The van der Waals surface area contributed by atoms with Crippen LogP contribution in [0, 0.1) is 10.1 Å². The van der Waals surface area contributed by atoms with Gasteiger partial charge in [0.15, 0.2) is 0 Å². The molecule has 1 atom stereocenters. The first kappa shape index (κ1) is 19.1. The predicted molar refractivity (Wildman–Crippen MR) is 103 cm³/mol. The summed E-state index contributed by atoms with van der Waals surface area (Å²) in [6.07, 6.45) is 0.883. The first-order valence-electron chi connectivity index (χ1n) is 8.51. The van der Waals surface area contributed by atoms with Gasteiger partial charge in [-0.15, -0.1) is 0 Å². The van der Waals surface area contributed by atoms with Crippen molar-refractivity contribution in [2.24, 2.45) is 0 Å². The van der Waals surface area contributed by atoms with Crippen LogP contribution in [-0.4, -0.2) is 43.0 Å². The highest BCUT2D eigenvalue weighted by molar-refractivity contribution is 6.34. The number of fused-ring (bicyclic) bond motifs is 1. The number of non-ortho nitro benzene ring substituents is 1. The third-order valence-corrected chi connectivity index (χ3v) is 4.90. The monoisotopic (exact) mass is 389 g/mol. The van der Waals surface area contributed by atoms with Crippen LogP contribution in [-0.2, 0) is 6.42 Å². The Hall–Kier alpha value is -2.64. The number of halogens is 1. The van der Waals surface area contributed by atoms with Crippen molar-refractivity contribution in [3.05, 3.63) is 68.2 Å². The normalized spacial score (nSPS) is 13.8. The molecule has 0 fully saturated rings. The van der Waals surface area contributed by atoms with E-state index >= 15 is 0 Å². The highest BCUT2D eigenvalue weighted by Crippen LogP contribution is 2.29. The molecule has 0 radical (unpaired) electrons. The molecule has 1 aliphatic heterocycles. The van der Waals surface area contributed by atoms with Gasteiger partial charge in [0.1, 0.15) is 5.75 Å². The van der Waals surface area contributed by atoms with Gasteiger partial charge in [0.2, 0.25) is 0 Å². The third-order valence-electron chi connectivity index (χ3n) is 4.59. The van der Waals surface area contributed by atoms with Gasteiger partial charge in [-0.3, -0.25) is 14.9 Å². The van der Waals surface area contributed by atoms with E-state index in [4.69, 9.17) is 16.3 Å². The molecule has 142 valence electrons. The number of ether oxygens (including phenoxy) is 1. The van der Waals surface area contributed by atoms with E-state index in [2.05, 4.69) is 11.4 Å². The minimum atomic E-state index is -0.548. The van der Waals surface area contributed by atoms with Crippen molar-refractivity contribution in [1.29, 1.82) is 0 Å². The van der Waals surface area contributed by atoms with Gasteiger partial charge in [0, 0.05) is 25.1 Å².